The number of hydrogen-bond donors (Lipinski definition) is 3. The second-order valence-corrected chi connectivity index (χ2v) is 6.43. The quantitative estimate of drug-likeness (QED) is 0.782. The van der Waals surface area contributed by atoms with Crippen LogP contribution in [-0.4, -0.2) is 29.2 Å². The summed E-state index contributed by atoms with van der Waals surface area (Å²) in [5.41, 5.74) is 0.756. The lowest BCUT2D eigenvalue weighted by molar-refractivity contribution is -0.124. The van der Waals surface area contributed by atoms with Gasteiger partial charge in [0.1, 0.15) is 0 Å². The third-order valence-corrected chi connectivity index (χ3v) is 4.03. The number of nitrogens with zero attached hydrogens (tertiary/aromatic N) is 1. The highest BCUT2D eigenvalue weighted by atomic mass is 16.2. The molecule has 0 radical (unpaired) electrons. The van der Waals surface area contributed by atoms with Crippen molar-refractivity contribution in [1.82, 2.24) is 15.5 Å². The van der Waals surface area contributed by atoms with E-state index in [0.29, 0.717) is 5.82 Å². The van der Waals surface area contributed by atoms with Crippen molar-refractivity contribution >= 4 is 11.7 Å². The Balaban J connectivity index is 2.09. The van der Waals surface area contributed by atoms with Crippen molar-refractivity contribution in [3.05, 3.63) is 11.8 Å². The zero-order valence-corrected chi connectivity index (χ0v) is 12.3. The largest absolute Gasteiger partial charge is 0.316 e. The van der Waals surface area contributed by atoms with Crippen molar-refractivity contribution in [2.24, 2.45) is 5.41 Å². The highest BCUT2D eigenvalue weighted by Gasteiger charge is 2.39. The summed E-state index contributed by atoms with van der Waals surface area (Å²) >= 11 is 0. The van der Waals surface area contributed by atoms with Gasteiger partial charge in [-0.15, -0.1) is 0 Å². The Hall–Kier alpha value is -1.36. The van der Waals surface area contributed by atoms with E-state index in [0.717, 1.165) is 31.6 Å². The van der Waals surface area contributed by atoms with Crippen LogP contribution in [0.4, 0.5) is 5.82 Å². The molecule has 5 nitrogen and oxygen atoms in total. The predicted molar refractivity (Wildman–Crippen MR) is 76.1 cm³/mol. The number of rotatable bonds is 3. The first-order valence-electron chi connectivity index (χ1n) is 6.95. The Bertz CT molecular complexity index is 452. The van der Waals surface area contributed by atoms with E-state index in [4.69, 9.17) is 0 Å². The molecule has 0 saturated carbocycles. The molecule has 0 aromatic carbocycles. The fraction of sp³-hybridized carbons (Fsp3) is 0.714. The molecular weight excluding hydrogens is 240 g/mol. The van der Waals surface area contributed by atoms with Crippen LogP contribution in [0.1, 0.15) is 46.2 Å². The molecule has 19 heavy (non-hydrogen) atoms. The van der Waals surface area contributed by atoms with Crippen LogP contribution >= 0.6 is 0 Å². The van der Waals surface area contributed by atoms with Gasteiger partial charge in [-0.1, -0.05) is 27.7 Å². The van der Waals surface area contributed by atoms with Crippen LogP contribution in [0.3, 0.4) is 0 Å². The molecule has 2 rings (SSSR count). The van der Waals surface area contributed by atoms with Crippen LogP contribution < -0.4 is 10.6 Å². The van der Waals surface area contributed by atoms with Gasteiger partial charge in [-0.25, -0.2) is 0 Å². The summed E-state index contributed by atoms with van der Waals surface area (Å²) < 4.78 is 0. The number of aromatic nitrogens is 2. The second kappa shape index (κ2) is 4.96. The van der Waals surface area contributed by atoms with Crippen molar-refractivity contribution < 1.29 is 4.79 Å². The molecule has 0 spiro atoms. The molecule has 5 heteroatoms. The first kappa shape index (κ1) is 14.1. The second-order valence-electron chi connectivity index (χ2n) is 6.43. The molecule has 0 bridgehead atoms. The third-order valence-electron chi connectivity index (χ3n) is 4.03. The minimum absolute atomic E-state index is 0.00728. The fourth-order valence-corrected chi connectivity index (χ4v) is 2.42. The van der Waals surface area contributed by atoms with Crippen LogP contribution in [0.2, 0.25) is 0 Å². The lowest BCUT2D eigenvalue weighted by Crippen LogP contribution is -2.37. The van der Waals surface area contributed by atoms with Crippen molar-refractivity contribution in [3.63, 3.8) is 0 Å². The van der Waals surface area contributed by atoms with E-state index in [2.05, 4.69) is 48.5 Å². The number of H-pyrrole nitrogens is 1. The lowest BCUT2D eigenvalue weighted by Gasteiger charge is -2.24. The predicted octanol–water partition coefficient (Wildman–Crippen LogP) is 2.04. The fourth-order valence-electron chi connectivity index (χ4n) is 2.42. The van der Waals surface area contributed by atoms with Gasteiger partial charge < -0.3 is 10.6 Å². The van der Waals surface area contributed by atoms with Crippen molar-refractivity contribution in [1.29, 1.82) is 0 Å². The topological polar surface area (TPSA) is 69.8 Å². The molecule has 0 aliphatic carbocycles. The van der Waals surface area contributed by atoms with E-state index in [1.807, 2.05) is 6.07 Å². The molecule has 2 heterocycles. The molecule has 3 N–H and O–H groups in total. The van der Waals surface area contributed by atoms with E-state index in [9.17, 15) is 4.79 Å². The third kappa shape index (κ3) is 2.81. The molecule has 1 aliphatic heterocycles. The molecular formula is C14H24N4O. The van der Waals surface area contributed by atoms with E-state index in [1.54, 1.807) is 0 Å². The van der Waals surface area contributed by atoms with Crippen LogP contribution in [-0.2, 0) is 10.2 Å². The zero-order chi connectivity index (χ0) is 14.1. The van der Waals surface area contributed by atoms with E-state index in [-0.39, 0.29) is 16.7 Å². The number of carbonyl (C=O) groups is 1. The number of aromatic amines is 1. The maximum atomic E-state index is 12.4. The molecule has 1 saturated heterocycles. The summed E-state index contributed by atoms with van der Waals surface area (Å²) in [7, 11) is 0. The van der Waals surface area contributed by atoms with Crippen LogP contribution in [0.15, 0.2) is 6.07 Å². The molecule has 106 valence electrons. The van der Waals surface area contributed by atoms with Gasteiger partial charge in [-0.2, -0.15) is 5.10 Å². The summed E-state index contributed by atoms with van der Waals surface area (Å²) in [5.74, 6) is 0.696. The normalized spacial score (nSPS) is 23.6. The van der Waals surface area contributed by atoms with Gasteiger partial charge in [0.05, 0.1) is 5.41 Å². The Morgan fingerprint density at radius 2 is 2.26 bits per heavy atom. The maximum Gasteiger partial charge on any atom is 0.233 e. The van der Waals surface area contributed by atoms with Gasteiger partial charge in [-0.3, -0.25) is 9.89 Å². The minimum Gasteiger partial charge on any atom is -0.316 e. The maximum absolute atomic E-state index is 12.4. The highest BCUT2D eigenvalue weighted by Crippen LogP contribution is 2.31. The van der Waals surface area contributed by atoms with Gasteiger partial charge in [0.15, 0.2) is 5.82 Å². The van der Waals surface area contributed by atoms with Crippen molar-refractivity contribution in [2.75, 3.05) is 18.4 Å². The molecule has 1 aliphatic rings. The number of amides is 1. The van der Waals surface area contributed by atoms with E-state index < -0.39 is 0 Å². The first-order chi connectivity index (χ1) is 8.87. The van der Waals surface area contributed by atoms with Crippen molar-refractivity contribution in [2.45, 2.75) is 46.0 Å². The van der Waals surface area contributed by atoms with Gasteiger partial charge in [0.25, 0.3) is 0 Å². The molecule has 1 atom stereocenters. The number of hydrogen-bond acceptors (Lipinski definition) is 3. The molecule has 1 unspecified atom stereocenters. The zero-order valence-electron chi connectivity index (χ0n) is 12.3. The van der Waals surface area contributed by atoms with Gasteiger partial charge in [-0.05, 0) is 19.4 Å². The van der Waals surface area contributed by atoms with Gasteiger partial charge in [0.2, 0.25) is 5.91 Å². The van der Waals surface area contributed by atoms with E-state index >= 15 is 0 Å². The van der Waals surface area contributed by atoms with Crippen molar-refractivity contribution in [3.8, 4) is 0 Å². The molecule has 1 amide bonds. The van der Waals surface area contributed by atoms with Crippen LogP contribution in [0, 0.1) is 5.41 Å². The van der Waals surface area contributed by atoms with Gasteiger partial charge in [0, 0.05) is 23.7 Å². The number of anilines is 1. The lowest BCUT2D eigenvalue weighted by atomic mass is 9.83. The summed E-state index contributed by atoms with van der Waals surface area (Å²) in [6.45, 7) is 10.1. The highest BCUT2D eigenvalue weighted by molar-refractivity contribution is 5.95. The number of carbonyl (C=O) groups excluding carboxylic acids is 1. The Labute approximate surface area is 114 Å². The Morgan fingerprint density at radius 3 is 2.74 bits per heavy atom. The molecule has 1 fully saturated rings. The molecule has 1 aromatic rings. The van der Waals surface area contributed by atoms with Crippen LogP contribution in [0.25, 0.3) is 0 Å². The smallest absolute Gasteiger partial charge is 0.233 e. The number of nitrogens with one attached hydrogen (secondary N) is 3. The standard InChI is InChI=1S/C14H24N4O/c1-5-14(6-7-15-9-14)12(19)16-11-8-10(17-18-11)13(2,3)4/h8,15H,5-7,9H2,1-4H3,(H2,16,17,18,19). The monoisotopic (exact) mass is 264 g/mol. The molecule has 1 aromatic heterocycles. The average molecular weight is 264 g/mol. The SMILES string of the molecule is CCC1(C(=O)Nc2cc(C(C)(C)C)[nH]n2)CCNC1. The average Bonchev–Trinajstić information content (AvgIpc) is 2.96. The van der Waals surface area contributed by atoms with E-state index in [1.165, 1.54) is 0 Å². The van der Waals surface area contributed by atoms with Crippen LogP contribution in [0.5, 0.6) is 0 Å². The first-order valence-corrected chi connectivity index (χ1v) is 6.95. The summed E-state index contributed by atoms with van der Waals surface area (Å²) in [4.78, 5) is 12.4. The summed E-state index contributed by atoms with van der Waals surface area (Å²) in [6.07, 6.45) is 1.74. The summed E-state index contributed by atoms with van der Waals surface area (Å²) in [5, 5.41) is 13.4. The Morgan fingerprint density at radius 1 is 1.53 bits per heavy atom. The summed E-state index contributed by atoms with van der Waals surface area (Å²) in [6, 6.07) is 1.92. The Kier molecular flexibility index (Phi) is 3.67. The minimum atomic E-state index is -0.277. The van der Waals surface area contributed by atoms with Gasteiger partial charge >= 0.3 is 0 Å².